The zero-order valence-electron chi connectivity index (χ0n) is 12.0. The van der Waals surface area contributed by atoms with Crippen LogP contribution in [0.3, 0.4) is 0 Å². The van der Waals surface area contributed by atoms with Crippen LogP contribution >= 0.6 is 0 Å². The zero-order chi connectivity index (χ0) is 14.0. The zero-order valence-corrected chi connectivity index (χ0v) is 12.0. The maximum absolute atomic E-state index is 12.5. The van der Waals surface area contributed by atoms with Crippen molar-refractivity contribution in [1.82, 2.24) is 9.80 Å². The van der Waals surface area contributed by atoms with Crippen LogP contribution in [0, 0.1) is 17.8 Å². The van der Waals surface area contributed by atoms with Crippen LogP contribution in [0.1, 0.15) is 40.0 Å². The van der Waals surface area contributed by atoms with Crippen LogP contribution in [0.15, 0.2) is 0 Å². The average Bonchev–Trinajstić information content (AvgIpc) is 2.84. The Morgan fingerprint density at radius 1 is 1.32 bits per heavy atom. The molecular weight excluding hydrogens is 240 g/mol. The second-order valence-corrected chi connectivity index (χ2v) is 5.59. The third kappa shape index (κ3) is 2.47. The van der Waals surface area contributed by atoms with E-state index in [1.54, 1.807) is 16.7 Å². The molecule has 2 heterocycles. The lowest BCUT2D eigenvalue weighted by molar-refractivity contribution is -0.161. The van der Waals surface area contributed by atoms with Gasteiger partial charge in [-0.05, 0) is 25.7 Å². The summed E-state index contributed by atoms with van der Waals surface area (Å²) in [4.78, 5) is 28.6. The summed E-state index contributed by atoms with van der Waals surface area (Å²) < 4.78 is 0. The molecule has 0 aromatic carbocycles. The van der Waals surface area contributed by atoms with Gasteiger partial charge in [0.15, 0.2) is 0 Å². The fourth-order valence-corrected chi connectivity index (χ4v) is 3.11. The molecule has 0 aromatic heterocycles. The van der Waals surface area contributed by atoms with Gasteiger partial charge in [-0.25, -0.2) is 0 Å². The Bertz CT molecular complexity index is 433. The van der Waals surface area contributed by atoms with E-state index in [4.69, 9.17) is 0 Å². The number of piperazine rings is 1. The Morgan fingerprint density at radius 3 is 2.68 bits per heavy atom. The third-order valence-corrected chi connectivity index (χ3v) is 3.98. The van der Waals surface area contributed by atoms with E-state index >= 15 is 0 Å². The molecule has 2 rings (SSSR count). The van der Waals surface area contributed by atoms with E-state index in [9.17, 15) is 9.59 Å². The third-order valence-electron chi connectivity index (χ3n) is 3.98. The monoisotopic (exact) mass is 262 g/mol. The number of carbonyl (C=O) groups excluding carboxylic acids is 2. The maximum atomic E-state index is 12.5. The van der Waals surface area contributed by atoms with Crippen molar-refractivity contribution in [2.24, 2.45) is 5.92 Å². The molecule has 0 radical (unpaired) electrons. The second-order valence-electron chi connectivity index (χ2n) is 5.59. The summed E-state index contributed by atoms with van der Waals surface area (Å²) >= 11 is 0. The van der Waals surface area contributed by atoms with Crippen molar-refractivity contribution in [1.29, 1.82) is 0 Å². The molecule has 19 heavy (non-hydrogen) atoms. The standard InChI is InChI=1S/C15H22N2O2/c1-4-5-6-9-17-13(11(2)3)15(19)16-10-7-8-12(16)14(17)18/h11-13H,6-10H2,1-3H3. The predicted molar refractivity (Wildman–Crippen MR) is 73.1 cm³/mol. The minimum absolute atomic E-state index is 0.119. The lowest BCUT2D eigenvalue weighted by Crippen LogP contribution is -2.64. The normalized spacial score (nSPS) is 26.5. The van der Waals surface area contributed by atoms with Crippen LogP contribution in [0.5, 0.6) is 0 Å². The van der Waals surface area contributed by atoms with Crippen molar-refractivity contribution in [2.45, 2.75) is 52.1 Å². The number of amides is 2. The van der Waals surface area contributed by atoms with Crippen molar-refractivity contribution in [3.8, 4) is 11.8 Å². The number of nitrogens with zero attached hydrogens (tertiary/aromatic N) is 2. The number of hydrogen-bond donors (Lipinski definition) is 0. The average molecular weight is 262 g/mol. The largest absolute Gasteiger partial charge is 0.329 e. The van der Waals surface area contributed by atoms with Gasteiger partial charge in [0.05, 0.1) is 0 Å². The Balaban J connectivity index is 2.22. The highest BCUT2D eigenvalue weighted by atomic mass is 16.2. The molecule has 0 aromatic rings. The molecule has 0 bridgehead atoms. The molecule has 2 atom stereocenters. The molecule has 2 aliphatic rings. The Morgan fingerprint density at radius 2 is 2.05 bits per heavy atom. The smallest absolute Gasteiger partial charge is 0.246 e. The summed E-state index contributed by atoms with van der Waals surface area (Å²) in [6, 6.07) is -0.516. The highest BCUT2D eigenvalue weighted by Crippen LogP contribution is 2.29. The molecule has 104 valence electrons. The van der Waals surface area contributed by atoms with Gasteiger partial charge < -0.3 is 9.80 Å². The van der Waals surface area contributed by atoms with Gasteiger partial charge in [0.2, 0.25) is 11.8 Å². The van der Waals surface area contributed by atoms with Crippen molar-refractivity contribution < 1.29 is 9.59 Å². The summed E-state index contributed by atoms with van der Waals surface area (Å²) in [7, 11) is 0. The van der Waals surface area contributed by atoms with Crippen molar-refractivity contribution in [3.05, 3.63) is 0 Å². The lowest BCUT2D eigenvalue weighted by Gasteiger charge is -2.43. The molecule has 0 aliphatic carbocycles. The lowest BCUT2D eigenvalue weighted by atomic mass is 9.95. The first-order chi connectivity index (χ1) is 9.07. The fraction of sp³-hybridized carbons (Fsp3) is 0.733. The molecule has 4 nitrogen and oxygen atoms in total. The molecule has 4 heteroatoms. The van der Waals surface area contributed by atoms with Gasteiger partial charge in [-0.1, -0.05) is 13.8 Å². The predicted octanol–water partition coefficient (Wildman–Crippen LogP) is 1.26. The number of carbonyl (C=O) groups is 2. The minimum Gasteiger partial charge on any atom is -0.329 e. The summed E-state index contributed by atoms with van der Waals surface area (Å²) in [5.74, 6) is 6.21. The van der Waals surface area contributed by atoms with Gasteiger partial charge in [-0.2, -0.15) is 0 Å². The van der Waals surface area contributed by atoms with E-state index in [1.165, 1.54) is 0 Å². The van der Waals surface area contributed by atoms with Crippen LogP contribution in [-0.4, -0.2) is 46.8 Å². The SMILES string of the molecule is CC#CCCN1C(=O)C2CCCN2C(=O)C1C(C)C. The molecule has 2 aliphatic heterocycles. The van der Waals surface area contributed by atoms with Gasteiger partial charge in [0.1, 0.15) is 12.1 Å². The number of fused-ring (bicyclic) bond motifs is 1. The first-order valence-electron chi connectivity index (χ1n) is 7.08. The van der Waals surface area contributed by atoms with Gasteiger partial charge >= 0.3 is 0 Å². The Kier molecular flexibility index (Phi) is 4.14. The Labute approximate surface area is 115 Å². The number of hydrogen-bond acceptors (Lipinski definition) is 2. The first-order valence-corrected chi connectivity index (χ1v) is 7.08. The second kappa shape index (κ2) is 5.64. The fourth-order valence-electron chi connectivity index (χ4n) is 3.11. The van der Waals surface area contributed by atoms with E-state index in [-0.39, 0.29) is 29.8 Å². The minimum atomic E-state index is -0.305. The van der Waals surface area contributed by atoms with Gasteiger partial charge in [0, 0.05) is 19.5 Å². The molecule has 2 unspecified atom stereocenters. The summed E-state index contributed by atoms with van der Waals surface area (Å²) in [6.45, 7) is 7.11. The van der Waals surface area contributed by atoms with Gasteiger partial charge in [0.25, 0.3) is 0 Å². The van der Waals surface area contributed by atoms with E-state index in [0.717, 1.165) is 19.4 Å². The highest BCUT2D eigenvalue weighted by Gasteiger charge is 2.48. The van der Waals surface area contributed by atoms with Crippen LogP contribution in [-0.2, 0) is 9.59 Å². The Hall–Kier alpha value is -1.50. The van der Waals surface area contributed by atoms with E-state index < -0.39 is 0 Å². The molecular formula is C15H22N2O2. The van der Waals surface area contributed by atoms with E-state index in [0.29, 0.717) is 13.0 Å². The highest BCUT2D eigenvalue weighted by molar-refractivity contribution is 5.97. The molecule has 2 amide bonds. The van der Waals surface area contributed by atoms with Crippen LogP contribution < -0.4 is 0 Å². The van der Waals surface area contributed by atoms with Crippen molar-refractivity contribution in [2.75, 3.05) is 13.1 Å². The van der Waals surface area contributed by atoms with Crippen molar-refractivity contribution in [3.63, 3.8) is 0 Å². The van der Waals surface area contributed by atoms with Crippen molar-refractivity contribution >= 4 is 11.8 Å². The van der Waals surface area contributed by atoms with Gasteiger partial charge in [-0.3, -0.25) is 9.59 Å². The topological polar surface area (TPSA) is 40.6 Å². The molecule has 0 spiro atoms. The first kappa shape index (κ1) is 13.9. The van der Waals surface area contributed by atoms with E-state index in [1.807, 2.05) is 13.8 Å². The number of rotatable bonds is 3. The van der Waals surface area contributed by atoms with Gasteiger partial charge in [-0.15, -0.1) is 11.8 Å². The molecule has 2 fully saturated rings. The molecule has 2 saturated heterocycles. The summed E-state index contributed by atoms with van der Waals surface area (Å²) in [6.07, 6.45) is 2.40. The van der Waals surface area contributed by atoms with E-state index in [2.05, 4.69) is 11.8 Å². The maximum Gasteiger partial charge on any atom is 0.246 e. The van der Waals surface area contributed by atoms with Crippen LogP contribution in [0.2, 0.25) is 0 Å². The molecule has 0 N–H and O–H groups in total. The summed E-state index contributed by atoms with van der Waals surface area (Å²) in [5, 5.41) is 0. The molecule has 0 saturated carbocycles. The quantitative estimate of drug-likeness (QED) is 0.718. The summed E-state index contributed by atoms with van der Waals surface area (Å²) in [5.41, 5.74) is 0. The van der Waals surface area contributed by atoms with Crippen LogP contribution in [0.25, 0.3) is 0 Å². The van der Waals surface area contributed by atoms with Crippen LogP contribution in [0.4, 0.5) is 0 Å².